The Balaban J connectivity index is 1.69. The van der Waals surface area contributed by atoms with Crippen molar-refractivity contribution in [1.29, 1.82) is 0 Å². The lowest BCUT2D eigenvalue weighted by Crippen LogP contribution is -2.31. The molecule has 6 rings (SSSR count). The van der Waals surface area contributed by atoms with Gasteiger partial charge in [-0.05, 0) is 66.8 Å². The molecule has 0 aliphatic heterocycles. The zero-order valence-electron chi connectivity index (χ0n) is 19.1. The molecule has 0 amide bonds. The van der Waals surface area contributed by atoms with Crippen LogP contribution in [0.3, 0.4) is 0 Å². The van der Waals surface area contributed by atoms with Crippen molar-refractivity contribution in [3.63, 3.8) is 0 Å². The van der Waals surface area contributed by atoms with Gasteiger partial charge in [-0.25, -0.2) is 13.3 Å². The summed E-state index contributed by atoms with van der Waals surface area (Å²) in [5, 5.41) is 3.33. The number of nitrogens with zero attached hydrogens (tertiary/aromatic N) is 1. The molecule has 0 radical (unpaired) electrons. The van der Waals surface area contributed by atoms with Crippen molar-refractivity contribution in [2.45, 2.75) is 45.4 Å². The molecule has 4 heteroatoms. The molecule has 2 aromatic heterocycles. The molecule has 3 aromatic carbocycles. The predicted molar refractivity (Wildman–Crippen MR) is 128 cm³/mol. The molecule has 0 spiro atoms. The second kappa shape index (κ2) is 7.38. The number of rotatable bonds is 2. The van der Waals surface area contributed by atoms with E-state index in [0.717, 1.165) is 33.8 Å². The lowest BCUT2D eigenvalue weighted by atomic mass is 9.91. The standard InChI is InChI=1S/C29H26F2NO/c1-16-12-23-27-24(31)14-21(30)15-25(27)33-29(23)26(17(16)2)28-22-9-8-19(18-6-4-5-7-18)13-20(22)10-11-32(28)3/h8-15,18H,4-7H2,1-3H3/q+1. The number of hydrogen-bond donors (Lipinski definition) is 0. The quantitative estimate of drug-likeness (QED) is 0.255. The highest BCUT2D eigenvalue weighted by Crippen LogP contribution is 2.42. The third kappa shape index (κ3) is 3.07. The predicted octanol–water partition coefficient (Wildman–Crippen LogP) is 7.78. The van der Waals surface area contributed by atoms with Gasteiger partial charge >= 0.3 is 0 Å². The first-order chi connectivity index (χ1) is 15.9. The van der Waals surface area contributed by atoms with Crippen molar-refractivity contribution in [3.8, 4) is 11.3 Å². The van der Waals surface area contributed by atoms with Crippen molar-refractivity contribution in [1.82, 2.24) is 0 Å². The van der Waals surface area contributed by atoms with Crippen LogP contribution < -0.4 is 4.57 Å². The molecule has 0 N–H and O–H groups in total. The molecule has 0 unspecified atom stereocenters. The van der Waals surface area contributed by atoms with Gasteiger partial charge in [0.25, 0.3) is 0 Å². The summed E-state index contributed by atoms with van der Waals surface area (Å²) < 4.78 is 37.0. The second-order valence-electron chi connectivity index (χ2n) is 9.54. The maximum absolute atomic E-state index is 14.8. The highest BCUT2D eigenvalue weighted by Gasteiger charge is 2.26. The number of furan rings is 1. The summed E-state index contributed by atoms with van der Waals surface area (Å²) >= 11 is 0. The van der Waals surface area contributed by atoms with Gasteiger partial charge in [-0.15, -0.1) is 0 Å². The van der Waals surface area contributed by atoms with E-state index < -0.39 is 11.6 Å². The van der Waals surface area contributed by atoms with Crippen molar-refractivity contribution in [3.05, 3.63) is 77.0 Å². The zero-order valence-corrected chi connectivity index (χ0v) is 19.1. The number of benzene rings is 3. The highest BCUT2D eigenvalue weighted by molar-refractivity contribution is 6.12. The molecular formula is C29H26F2NO+. The molecule has 1 fully saturated rings. The van der Waals surface area contributed by atoms with Crippen LogP contribution in [0.4, 0.5) is 8.78 Å². The van der Waals surface area contributed by atoms with Crippen LogP contribution in [0.5, 0.6) is 0 Å². The Morgan fingerprint density at radius 2 is 1.73 bits per heavy atom. The summed E-state index contributed by atoms with van der Waals surface area (Å²) in [7, 11) is 2.02. The maximum Gasteiger partial charge on any atom is 0.224 e. The summed E-state index contributed by atoms with van der Waals surface area (Å²) in [5.74, 6) is -0.585. The number of aryl methyl sites for hydroxylation is 2. The van der Waals surface area contributed by atoms with E-state index in [0.29, 0.717) is 22.3 Å². The van der Waals surface area contributed by atoms with Crippen LogP contribution in [-0.4, -0.2) is 0 Å². The van der Waals surface area contributed by atoms with Crippen molar-refractivity contribution >= 4 is 32.7 Å². The Hall–Kier alpha value is -3.27. The Kier molecular flexibility index (Phi) is 4.55. The minimum absolute atomic E-state index is 0.236. The summed E-state index contributed by atoms with van der Waals surface area (Å²) in [6.07, 6.45) is 7.21. The molecule has 1 aliphatic rings. The Bertz CT molecular complexity index is 1570. The van der Waals surface area contributed by atoms with Gasteiger partial charge in [0.1, 0.15) is 29.8 Å². The van der Waals surface area contributed by atoms with Gasteiger partial charge in [-0.2, -0.15) is 0 Å². The summed E-state index contributed by atoms with van der Waals surface area (Å²) in [4.78, 5) is 0. The van der Waals surface area contributed by atoms with Gasteiger partial charge < -0.3 is 4.42 Å². The van der Waals surface area contributed by atoms with Gasteiger partial charge in [0, 0.05) is 23.6 Å². The number of aromatic nitrogens is 1. The van der Waals surface area contributed by atoms with E-state index in [-0.39, 0.29) is 5.58 Å². The first kappa shape index (κ1) is 20.3. The third-order valence-electron chi connectivity index (χ3n) is 7.52. The minimum Gasteiger partial charge on any atom is -0.455 e. The van der Waals surface area contributed by atoms with E-state index in [4.69, 9.17) is 4.42 Å². The Morgan fingerprint density at radius 1 is 0.939 bits per heavy atom. The number of pyridine rings is 1. The fraction of sp³-hybridized carbons (Fsp3) is 0.276. The third-order valence-corrected chi connectivity index (χ3v) is 7.52. The van der Waals surface area contributed by atoms with Gasteiger partial charge in [0.2, 0.25) is 5.69 Å². The molecule has 166 valence electrons. The van der Waals surface area contributed by atoms with Crippen LogP contribution >= 0.6 is 0 Å². The van der Waals surface area contributed by atoms with E-state index in [1.807, 2.05) is 20.0 Å². The van der Waals surface area contributed by atoms with Crippen LogP contribution in [0, 0.1) is 25.5 Å². The SMILES string of the molecule is Cc1cc2c(oc3cc(F)cc(F)c32)c(-c2c3ccc(C4CCCC4)cc3cc[n+]2C)c1C. The van der Waals surface area contributed by atoms with Gasteiger partial charge in [-0.1, -0.05) is 25.0 Å². The van der Waals surface area contributed by atoms with Gasteiger partial charge in [0.05, 0.1) is 16.3 Å². The summed E-state index contributed by atoms with van der Waals surface area (Å²) in [6, 6.07) is 13.1. The lowest BCUT2D eigenvalue weighted by Gasteiger charge is -2.13. The normalized spacial score (nSPS) is 14.8. The molecule has 33 heavy (non-hydrogen) atoms. The molecule has 0 bridgehead atoms. The molecule has 2 heterocycles. The van der Waals surface area contributed by atoms with Gasteiger partial charge in [0.15, 0.2) is 6.20 Å². The highest BCUT2D eigenvalue weighted by atomic mass is 19.1. The summed E-state index contributed by atoms with van der Waals surface area (Å²) in [5.41, 5.74) is 6.32. The van der Waals surface area contributed by atoms with Crippen LogP contribution in [0.2, 0.25) is 0 Å². The molecular weight excluding hydrogens is 416 g/mol. The van der Waals surface area contributed by atoms with Crippen LogP contribution in [-0.2, 0) is 7.05 Å². The molecule has 0 saturated heterocycles. The number of hydrogen-bond acceptors (Lipinski definition) is 1. The van der Waals surface area contributed by atoms with E-state index in [2.05, 4.69) is 42.0 Å². The maximum atomic E-state index is 14.8. The van der Waals surface area contributed by atoms with E-state index >= 15 is 0 Å². The first-order valence-corrected chi connectivity index (χ1v) is 11.7. The zero-order chi connectivity index (χ0) is 22.9. The molecule has 1 aliphatic carbocycles. The van der Waals surface area contributed by atoms with Gasteiger partial charge in [-0.3, -0.25) is 0 Å². The second-order valence-corrected chi connectivity index (χ2v) is 9.54. The molecule has 0 atom stereocenters. The Labute approximate surface area is 191 Å². The molecule has 1 saturated carbocycles. The minimum atomic E-state index is -0.635. The van der Waals surface area contributed by atoms with Crippen molar-refractivity contribution in [2.75, 3.05) is 0 Å². The fourth-order valence-electron chi connectivity index (χ4n) is 5.69. The summed E-state index contributed by atoms with van der Waals surface area (Å²) in [6.45, 7) is 4.10. The molecule has 2 nitrogen and oxygen atoms in total. The average Bonchev–Trinajstić information content (AvgIpc) is 3.43. The smallest absolute Gasteiger partial charge is 0.224 e. The largest absolute Gasteiger partial charge is 0.455 e. The number of halogens is 2. The van der Waals surface area contributed by atoms with Crippen molar-refractivity contribution in [2.24, 2.45) is 7.05 Å². The van der Waals surface area contributed by atoms with E-state index in [1.165, 1.54) is 42.7 Å². The van der Waals surface area contributed by atoms with Crippen LogP contribution in [0.15, 0.2) is 53.1 Å². The Morgan fingerprint density at radius 3 is 2.52 bits per heavy atom. The van der Waals surface area contributed by atoms with Crippen LogP contribution in [0.1, 0.15) is 48.3 Å². The lowest BCUT2D eigenvalue weighted by molar-refractivity contribution is -0.659. The monoisotopic (exact) mass is 442 g/mol. The van der Waals surface area contributed by atoms with Crippen molar-refractivity contribution < 1.29 is 17.8 Å². The fourth-order valence-corrected chi connectivity index (χ4v) is 5.69. The van der Waals surface area contributed by atoms with Crippen LogP contribution in [0.25, 0.3) is 44.0 Å². The van der Waals surface area contributed by atoms with E-state index in [1.54, 1.807) is 0 Å². The first-order valence-electron chi connectivity index (χ1n) is 11.7. The topological polar surface area (TPSA) is 17.0 Å². The number of fused-ring (bicyclic) bond motifs is 4. The average molecular weight is 443 g/mol. The molecule has 5 aromatic rings. The van der Waals surface area contributed by atoms with E-state index in [9.17, 15) is 8.78 Å².